The van der Waals surface area contributed by atoms with Crippen molar-refractivity contribution in [1.82, 2.24) is 10.3 Å². The Bertz CT molecular complexity index is 382. The van der Waals surface area contributed by atoms with Crippen LogP contribution in [0, 0.1) is 0 Å². The summed E-state index contributed by atoms with van der Waals surface area (Å²) in [5, 5.41) is 3.41. The van der Waals surface area contributed by atoms with Gasteiger partial charge >= 0.3 is 0 Å². The van der Waals surface area contributed by atoms with Crippen molar-refractivity contribution < 1.29 is 4.79 Å². The number of aromatic nitrogens is 1. The number of nitrogens with one attached hydrogen (secondary N) is 1. The molecule has 1 aromatic rings. The average Bonchev–Trinajstić information content (AvgIpc) is 2.26. The normalized spacial score (nSPS) is 10.4. The predicted molar refractivity (Wildman–Crippen MR) is 70.4 cm³/mol. The third-order valence-electron chi connectivity index (χ3n) is 2.20. The van der Waals surface area contributed by atoms with E-state index >= 15 is 0 Å². The Morgan fingerprint density at radius 1 is 1.59 bits per heavy atom. The molecule has 0 aliphatic heterocycles. The highest BCUT2D eigenvalue weighted by molar-refractivity contribution is 6.32. The van der Waals surface area contributed by atoms with Gasteiger partial charge in [0, 0.05) is 18.8 Å². The molecule has 1 amide bonds. The standard InChI is InChI=1S/C12H18ClN3O/c1-4-16(8-11(17)15-9(2)3)12-10(13)6-5-7-14-12/h5-7,9H,4,8H2,1-3H3,(H,15,17). The Balaban J connectivity index is 2.73. The highest BCUT2D eigenvalue weighted by atomic mass is 35.5. The van der Waals surface area contributed by atoms with Crippen LogP contribution in [0.3, 0.4) is 0 Å². The molecule has 1 N–H and O–H groups in total. The molecule has 0 saturated heterocycles. The Labute approximate surface area is 107 Å². The van der Waals surface area contributed by atoms with Crippen LogP contribution in [0.4, 0.5) is 5.82 Å². The van der Waals surface area contributed by atoms with Crippen LogP contribution in [0.25, 0.3) is 0 Å². The number of nitrogens with zero attached hydrogens (tertiary/aromatic N) is 2. The van der Waals surface area contributed by atoms with Crippen LogP contribution in [0.5, 0.6) is 0 Å². The number of rotatable bonds is 5. The summed E-state index contributed by atoms with van der Waals surface area (Å²) in [5.74, 6) is 0.624. The molecule has 0 fully saturated rings. The average molecular weight is 256 g/mol. The summed E-state index contributed by atoms with van der Waals surface area (Å²) in [7, 11) is 0. The maximum absolute atomic E-state index is 11.7. The van der Waals surface area contributed by atoms with Gasteiger partial charge in [0.25, 0.3) is 0 Å². The zero-order valence-electron chi connectivity index (χ0n) is 10.4. The maximum atomic E-state index is 11.7. The summed E-state index contributed by atoms with van der Waals surface area (Å²) < 4.78 is 0. The van der Waals surface area contributed by atoms with E-state index in [2.05, 4.69) is 10.3 Å². The molecular weight excluding hydrogens is 238 g/mol. The molecule has 5 heteroatoms. The Morgan fingerprint density at radius 2 is 2.29 bits per heavy atom. The van der Waals surface area contributed by atoms with Crippen molar-refractivity contribution >= 4 is 23.3 Å². The van der Waals surface area contributed by atoms with E-state index in [4.69, 9.17) is 11.6 Å². The van der Waals surface area contributed by atoms with E-state index in [0.29, 0.717) is 17.4 Å². The fraction of sp³-hybridized carbons (Fsp3) is 0.500. The Kier molecular flexibility index (Phi) is 5.22. The van der Waals surface area contributed by atoms with E-state index in [-0.39, 0.29) is 18.5 Å². The largest absolute Gasteiger partial charge is 0.352 e. The van der Waals surface area contributed by atoms with Crippen LogP contribution in [-0.2, 0) is 4.79 Å². The first-order chi connectivity index (χ1) is 8.04. The summed E-state index contributed by atoms with van der Waals surface area (Å²) in [6, 6.07) is 3.68. The third-order valence-corrected chi connectivity index (χ3v) is 2.50. The van der Waals surface area contributed by atoms with E-state index in [1.165, 1.54) is 0 Å². The first-order valence-electron chi connectivity index (χ1n) is 5.69. The topological polar surface area (TPSA) is 45.2 Å². The van der Waals surface area contributed by atoms with Crippen LogP contribution in [0.15, 0.2) is 18.3 Å². The maximum Gasteiger partial charge on any atom is 0.239 e. The summed E-state index contributed by atoms with van der Waals surface area (Å²) in [6.07, 6.45) is 1.67. The number of anilines is 1. The number of halogens is 1. The molecule has 0 bridgehead atoms. The first-order valence-corrected chi connectivity index (χ1v) is 6.07. The highest BCUT2D eigenvalue weighted by Crippen LogP contribution is 2.21. The molecule has 0 atom stereocenters. The van der Waals surface area contributed by atoms with Crippen LogP contribution < -0.4 is 10.2 Å². The van der Waals surface area contributed by atoms with Crippen molar-refractivity contribution in [3.63, 3.8) is 0 Å². The molecule has 4 nitrogen and oxygen atoms in total. The number of hydrogen-bond acceptors (Lipinski definition) is 3. The van der Waals surface area contributed by atoms with E-state index < -0.39 is 0 Å². The van der Waals surface area contributed by atoms with Crippen molar-refractivity contribution in [2.45, 2.75) is 26.8 Å². The van der Waals surface area contributed by atoms with Crippen LogP contribution in [0.2, 0.25) is 5.02 Å². The van der Waals surface area contributed by atoms with Crippen LogP contribution in [-0.4, -0.2) is 30.0 Å². The summed E-state index contributed by atoms with van der Waals surface area (Å²) in [4.78, 5) is 17.7. The summed E-state index contributed by atoms with van der Waals surface area (Å²) in [5.41, 5.74) is 0. The van der Waals surface area contributed by atoms with Crippen molar-refractivity contribution in [2.75, 3.05) is 18.0 Å². The minimum absolute atomic E-state index is 0.0245. The quantitative estimate of drug-likeness (QED) is 0.876. The van der Waals surface area contributed by atoms with Gasteiger partial charge in [-0.2, -0.15) is 0 Å². The SMILES string of the molecule is CCN(CC(=O)NC(C)C)c1ncccc1Cl. The zero-order valence-corrected chi connectivity index (χ0v) is 11.2. The van der Waals surface area contributed by atoms with Gasteiger partial charge in [0.05, 0.1) is 11.6 Å². The summed E-state index contributed by atoms with van der Waals surface area (Å²) in [6.45, 7) is 6.78. The number of pyridine rings is 1. The number of carbonyl (C=O) groups excluding carboxylic acids is 1. The number of amides is 1. The molecule has 1 heterocycles. The molecular formula is C12H18ClN3O. The smallest absolute Gasteiger partial charge is 0.239 e. The molecule has 0 radical (unpaired) electrons. The highest BCUT2D eigenvalue weighted by Gasteiger charge is 2.14. The van der Waals surface area contributed by atoms with Gasteiger partial charge in [-0.05, 0) is 32.9 Å². The lowest BCUT2D eigenvalue weighted by Gasteiger charge is -2.22. The third kappa shape index (κ3) is 4.23. The molecule has 17 heavy (non-hydrogen) atoms. The molecule has 0 unspecified atom stereocenters. The van der Waals surface area contributed by atoms with Gasteiger partial charge in [0.15, 0.2) is 0 Å². The van der Waals surface area contributed by atoms with Crippen molar-refractivity contribution in [2.24, 2.45) is 0 Å². The van der Waals surface area contributed by atoms with E-state index in [9.17, 15) is 4.79 Å². The number of hydrogen-bond donors (Lipinski definition) is 1. The lowest BCUT2D eigenvalue weighted by molar-refractivity contribution is -0.120. The molecule has 1 rings (SSSR count). The summed E-state index contributed by atoms with van der Waals surface area (Å²) >= 11 is 6.05. The Hall–Kier alpha value is -1.29. The monoisotopic (exact) mass is 255 g/mol. The molecule has 1 aromatic heterocycles. The second-order valence-corrected chi connectivity index (χ2v) is 4.45. The number of carbonyl (C=O) groups is 1. The van der Waals surface area contributed by atoms with Gasteiger partial charge in [-0.25, -0.2) is 4.98 Å². The van der Waals surface area contributed by atoms with E-state index in [1.807, 2.05) is 25.7 Å². The molecule has 94 valence electrons. The van der Waals surface area contributed by atoms with E-state index in [0.717, 1.165) is 0 Å². The van der Waals surface area contributed by atoms with E-state index in [1.54, 1.807) is 18.3 Å². The molecule has 0 saturated carbocycles. The van der Waals surface area contributed by atoms with Gasteiger partial charge in [0.2, 0.25) is 5.91 Å². The molecule has 0 aliphatic rings. The van der Waals surface area contributed by atoms with Gasteiger partial charge in [0.1, 0.15) is 5.82 Å². The van der Waals surface area contributed by atoms with Crippen molar-refractivity contribution in [3.05, 3.63) is 23.4 Å². The zero-order chi connectivity index (χ0) is 12.8. The molecule has 0 spiro atoms. The van der Waals surface area contributed by atoms with Crippen LogP contribution >= 0.6 is 11.6 Å². The van der Waals surface area contributed by atoms with Gasteiger partial charge < -0.3 is 10.2 Å². The van der Waals surface area contributed by atoms with Gasteiger partial charge in [-0.15, -0.1) is 0 Å². The lowest BCUT2D eigenvalue weighted by Crippen LogP contribution is -2.40. The predicted octanol–water partition coefficient (Wildman–Crippen LogP) is 2.09. The Morgan fingerprint density at radius 3 is 2.82 bits per heavy atom. The second-order valence-electron chi connectivity index (χ2n) is 4.05. The van der Waals surface area contributed by atoms with Gasteiger partial charge in [-0.3, -0.25) is 4.79 Å². The van der Waals surface area contributed by atoms with Gasteiger partial charge in [-0.1, -0.05) is 11.6 Å². The van der Waals surface area contributed by atoms with Crippen molar-refractivity contribution in [1.29, 1.82) is 0 Å². The fourth-order valence-electron chi connectivity index (χ4n) is 1.49. The fourth-order valence-corrected chi connectivity index (χ4v) is 1.73. The first kappa shape index (κ1) is 13.8. The number of likely N-dealkylation sites (N-methyl/N-ethyl adjacent to an activating group) is 1. The lowest BCUT2D eigenvalue weighted by atomic mass is 10.3. The molecule has 0 aliphatic carbocycles. The van der Waals surface area contributed by atoms with Crippen molar-refractivity contribution in [3.8, 4) is 0 Å². The minimum atomic E-state index is -0.0245. The second kappa shape index (κ2) is 6.45. The van der Waals surface area contributed by atoms with Crippen LogP contribution in [0.1, 0.15) is 20.8 Å². The molecule has 0 aromatic carbocycles. The minimum Gasteiger partial charge on any atom is -0.352 e.